The van der Waals surface area contributed by atoms with Crippen molar-refractivity contribution in [2.24, 2.45) is 5.92 Å². The van der Waals surface area contributed by atoms with E-state index in [1.807, 2.05) is 6.07 Å². The first kappa shape index (κ1) is 15.0. The molecule has 4 heteroatoms. The second kappa shape index (κ2) is 8.11. The van der Waals surface area contributed by atoms with E-state index in [9.17, 15) is 4.39 Å². The summed E-state index contributed by atoms with van der Waals surface area (Å²) in [6.07, 6.45) is 1.66. The second-order valence-corrected chi connectivity index (χ2v) is 4.74. The Hall–Kier alpha value is -1.06. The maximum atomic E-state index is 13.4. The minimum Gasteiger partial charge on any atom is -0.489 e. The Morgan fingerprint density at radius 1 is 1.39 bits per heavy atom. The molecule has 0 fully saturated rings. The monoisotopic (exact) mass is 271 g/mol. The molecular weight excluding hydrogens is 253 g/mol. The number of hydrogen-bond donors (Lipinski definition) is 1. The van der Waals surface area contributed by atoms with Gasteiger partial charge in [-0.3, -0.25) is 0 Å². The molecule has 0 aliphatic heterocycles. The molecule has 18 heavy (non-hydrogen) atoms. The highest BCUT2D eigenvalue weighted by Crippen LogP contribution is 2.16. The summed E-state index contributed by atoms with van der Waals surface area (Å²) in [7, 11) is 0. The van der Waals surface area contributed by atoms with Gasteiger partial charge in [0.05, 0.1) is 0 Å². The molecule has 0 aliphatic carbocycles. The summed E-state index contributed by atoms with van der Waals surface area (Å²) in [5.74, 6) is 0.804. The standard InChI is InChI=1S/C14H19ClFNO/c1-11(2)9-17-10-12-6-13(16)8-14(7-12)18-5-3-4-15/h3-4,6-8,11,17H,5,9-10H2,1-2H3/b4-3+. The highest BCUT2D eigenvalue weighted by molar-refractivity contribution is 6.25. The van der Waals surface area contributed by atoms with Crippen LogP contribution in [-0.4, -0.2) is 13.2 Å². The topological polar surface area (TPSA) is 21.3 Å². The van der Waals surface area contributed by atoms with E-state index in [0.717, 1.165) is 12.1 Å². The van der Waals surface area contributed by atoms with Crippen LogP contribution in [0.1, 0.15) is 19.4 Å². The molecule has 0 unspecified atom stereocenters. The third-order valence-corrected chi connectivity index (χ3v) is 2.43. The SMILES string of the molecule is CC(C)CNCc1cc(F)cc(OC/C=C/Cl)c1. The molecule has 0 bridgehead atoms. The molecule has 0 atom stereocenters. The molecular formula is C14H19ClFNO. The van der Waals surface area contributed by atoms with Crippen LogP contribution in [0.4, 0.5) is 4.39 Å². The Balaban J connectivity index is 2.56. The van der Waals surface area contributed by atoms with Crippen molar-refractivity contribution in [3.8, 4) is 5.75 Å². The van der Waals surface area contributed by atoms with Crippen LogP contribution in [0.25, 0.3) is 0 Å². The Morgan fingerprint density at radius 3 is 2.83 bits per heavy atom. The predicted octanol–water partition coefficient (Wildman–Crippen LogP) is 3.70. The molecule has 0 spiro atoms. The lowest BCUT2D eigenvalue weighted by molar-refractivity contribution is 0.360. The zero-order valence-corrected chi connectivity index (χ0v) is 11.5. The van der Waals surface area contributed by atoms with Crippen LogP contribution >= 0.6 is 11.6 Å². The second-order valence-electron chi connectivity index (χ2n) is 4.49. The van der Waals surface area contributed by atoms with E-state index in [2.05, 4.69) is 19.2 Å². The van der Waals surface area contributed by atoms with Crippen LogP contribution < -0.4 is 10.1 Å². The van der Waals surface area contributed by atoms with E-state index >= 15 is 0 Å². The van der Waals surface area contributed by atoms with E-state index < -0.39 is 0 Å². The molecule has 100 valence electrons. The quantitative estimate of drug-likeness (QED) is 0.816. The van der Waals surface area contributed by atoms with Gasteiger partial charge in [0.15, 0.2) is 0 Å². The van der Waals surface area contributed by atoms with Gasteiger partial charge in [0.1, 0.15) is 18.2 Å². The van der Waals surface area contributed by atoms with Crippen LogP contribution in [0, 0.1) is 11.7 Å². The van der Waals surface area contributed by atoms with Gasteiger partial charge in [0.25, 0.3) is 0 Å². The molecule has 0 saturated heterocycles. The summed E-state index contributed by atoms with van der Waals surface area (Å²) in [5, 5.41) is 3.27. The highest BCUT2D eigenvalue weighted by Gasteiger charge is 2.02. The fraction of sp³-hybridized carbons (Fsp3) is 0.429. The van der Waals surface area contributed by atoms with Gasteiger partial charge in [0, 0.05) is 18.1 Å². The first-order chi connectivity index (χ1) is 8.61. The Kier molecular flexibility index (Phi) is 6.76. The van der Waals surface area contributed by atoms with Crippen LogP contribution in [0.5, 0.6) is 5.75 Å². The number of halogens is 2. The first-order valence-electron chi connectivity index (χ1n) is 6.00. The molecule has 1 aromatic carbocycles. The lowest BCUT2D eigenvalue weighted by Crippen LogP contribution is -2.19. The molecule has 2 nitrogen and oxygen atoms in total. The van der Waals surface area contributed by atoms with Crippen molar-refractivity contribution >= 4 is 11.6 Å². The average Bonchev–Trinajstić information content (AvgIpc) is 2.28. The molecule has 0 saturated carbocycles. The maximum absolute atomic E-state index is 13.4. The molecule has 0 radical (unpaired) electrons. The molecule has 1 rings (SSSR count). The molecule has 1 aromatic rings. The number of rotatable bonds is 7. The molecule has 0 amide bonds. The Morgan fingerprint density at radius 2 is 2.17 bits per heavy atom. The zero-order chi connectivity index (χ0) is 13.4. The molecule has 0 heterocycles. The first-order valence-corrected chi connectivity index (χ1v) is 6.43. The van der Waals surface area contributed by atoms with Crippen molar-refractivity contribution in [3.05, 3.63) is 41.2 Å². The number of hydrogen-bond acceptors (Lipinski definition) is 2. The fourth-order valence-electron chi connectivity index (χ4n) is 1.49. The summed E-state index contributed by atoms with van der Waals surface area (Å²) in [5.41, 5.74) is 2.25. The average molecular weight is 272 g/mol. The minimum absolute atomic E-state index is 0.288. The summed E-state index contributed by atoms with van der Waals surface area (Å²) in [6.45, 7) is 6.14. The van der Waals surface area contributed by atoms with Gasteiger partial charge in [-0.2, -0.15) is 0 Å². The van der Waals surface area contributed by atoms with Gasteiger partial charge < -0.3 is 10.1 Å². The summed E-state index contributed by atoms with van der Waals surface area (Å²) in [4.78, 5) is 0. The zero-order valence-electron chi connectivity index (χ0n) is 10.7. The van der Waals surface area contributed by atoms with Crippen LogP contribution in [0.15, 0.2) is 29.8 Å². The van der Waals surface area contributed by atoms with E-state index in [4.69, 9.17) is 16.3 Å². The summed E-state index contributed by atoms with van der Waals surface area (Å²) >= 11 is 5.38. The van der Waals surface area contributed by atoms with Gasteiger partial charge in [-0.25, -0.2) is 4.39 Å². The van der Waals surface area contributed by atoms with Crippen LogP contribution in [0.2, 0.25) is 0 Å². The smallest absolute Gasteiger partial charge is 0.127 e. The van der Waals surface area contributed by atoms with Crippen molar-refractivity contribution in [3.63, 3.8) is 0 Å². The number of ether oxygens (including phenoxy) is 1. The van der Waals surface area contributed by atoms with Crippen molar-refractivity contribution in [2.45, 2.75) is 20.4 Å². The van der Waals surface area contributed by atoms with Crippen molar-refractivity contribution in [1.82, 2.24) is 5.32 Å². The summed E-state index contributed by atoms with van der Waals surface area (Å²) in [6, 6.07) is 4.71. The van der Waals surface area contributed by atoms with E-state index in [-0.39, 0.29) is 5.82 Å². The van der Waals surface area contributed by atoms with E-state index in [1.165, 1.54) is 17.7 Å². The van der Waals surface area contributed by atoms with Crippen LogP contribution in [-0.2, 0) is 6.54 Å². The summed E-state index contributed by atoms with van der Waals surface area (Å²) < 4.78 is 18.7. The van der Waals surface area contributed by atoms with Crippen molar-refractivity contribution in [1.29, 1.82) is 0 Å². The Bertz CT molecular complexity index is 393. The van der Waals surface area contributed by atoms with Gasteiger partial charge in [-0.05, 0) is 36.2 Å². The van der Waals surface area contributed by atoms with Gasteiger partial charge in [-0.15, -0.1) is 0 Å². The number of benzene rings is 1. The third-order valence-electron chi connectivity index (χ3n) is 2.25. The van der Waals surface area contributed by atoms with Gasteiger partial charge in [0.2, 0.25) is 0 Å². The molecule has 0 aromatic heterocycles. The van der Waals surface area contributed by atoms with Crippen molar-refractivity contribution < 1.29 is 9.13 Å². The van der Waals surface area contributed by atoms with Crippen molar-refractivity contribution in [2.75, 3.05) is 13.2 Å². The lowest BCUT2D eigenvalue weighted by atomic mass is 10.2. The maximum Gasteiger partial charge on any atom is 0.127 e. The highest BCUT2D eigenvalue weighted by atomic mass is 35.5. The van der Waals surface area contributed by atoms with E-state index in [0.29, 0.717) is 24.8 Å². The van der Waals surface area contributed by atoms with Crippen LogP contribution in [0.3, 0.4) is 0 Å². The predicted molar refractivity (Wildman–Crippen MR) is 73.4 cm³/mol. The van der Waals surface area contributed by atoms with Gasteiger partial charge >= 0.3 is 0 Å². The Labute approximate surface area is 113 Å². The molecule has 1 N–H and O–H groups in total. The largest absolute Gasteiger partial charge is 0.489 e. The fourth-order valence-corrected chi connectivity index (χ4v) is 1.56. The van der Waals surface area contributed by atoms with Gasteiger partial charge in [-0.1, -0.05) is 25.4 Å². The molecule has 0 aliphatic rings. The normalized spacial score (nSPS) is 11.4. The lowest BCUT2D eigenvalue weighted by Gasteiger charge is -2.09. The number of nitrogens with one attached hydrogen (secondary N) is 1. The van der Waals surface area contributed by atoms with E-state index in [1.54, 1.807) is 6.08 Å². The third kappa shape index (κ3) is 6.03. The minimum atomic E-state index is -0.288.